The van der Waals surface area contributed by atoms with E-state index in [1.54, 1.807) is 0 Å². The van der Waals surface area contributed by atoms with Gasteiger partial charge in [-0.25, -0.2) is 0 Å². The molecular weight excluding hydrogens is 182 g/mol. The van der Waals surface area contributed by atoms with Gasteiger partial charge in [-0.15, -0.1) is 0 Å². The number of nitrogens with two attached hydrogens (primary N) is 2. The van der Waals surface area contributed by atoms with Gasteiger partial charge in [-0.1, -0.05) is 20.8 Å². The minimum atomic E-state index is -0.574. The average Bonchev–Trinajstić information content (AvgIpc) is 2.00. The molecule has 0 rings (SSSR count). The van der Waals surface area contributed by atoms with Crippen molar-refractivity contribution in [3.05, 3.63) is 0 Å². The molecule has 0 spiro atoms. The Bertz CT molecular complexity index is 221. The third kappa shape index (κ3) is 4.81. The molecule has 1 atom stereocenters. The quantitative estimate of drug-likeness (QED) is 0.563. The summed E-state index contributed by atoms with van der Waals surface area (Å²) in [4.78, 5) is 21.8. The van der Waals surface area contributed by atoms with Crippen LogP contribution < -0.4 is 16.8 Å². The van der Waals surface area contributed by atoms with Gasteiger partial charge < -0.3 is 16.8 Å². The molecule has 82 valence electrons. The molecule has 0 aromatic rings. The molecule has 14 heavy (non-hydrogen) atoms. The predicted molar refractivity (Wildman–Crippen MR) is 54.3 cm³/mol. The van der Waals surface area contributed by atoms with Gasteiger partial charge in [0, 0.05) is 13.0 Å². The van der Waals surface area contributed by atoms with Crippen molar-refractivity contribution < 1.29 is 9.59 Å². The second kappa shape index (κ2) is 4.95. The number of amides is 2. The lowest BCUT2D eigenvalue weighted by Gasteiger charge is -2.25. The first-order chi connectivity index (χ1) is 6.25. The van der Waals surface area contributed by atoms with Crippen molar-refractivity contribution in [2.45, 2.75) is 33.2 Å². The molecule has 0 fully saturated rings. The second-order valence-electron chi connectivity index (χ2n) is 4.35. The standard InChI is InChI=1S/C9H19N3O2/c1-9(2,3)7(11)8(14)12-5-4-6(10)13/h7H,4-5,11H2,1-3H3,(H2,10,13)(H,12,14)/t7-/m0/s1. The lowest BCUT2D eigenvalue weighted by Crippen LogP contribution is -2.49. The summed E-state index contributed by atoms with van der Waals surface area (Å²) in [6, 6.07) is -0.574. The van der Waals surface area contributed by atoms with Crippen molar-refractivity contribution >= 4 is 11.8 Å². The topological polar surface area (TPSA) is 98.2 Å². The highest BCUT2D eigenvalue weighted by Gasteiger charge is 2.26. The number of nitrogens with one attached hydrogen (secondary N) is 1. The fraction of sp³-hybridized carbons (Fsp3) is 0.778. The lowest BCUT2D eigenvalue weighted by molar-refractivity contribution is -0.124. The summed E-state index contributed by atoms with van der Waals surface area (Å²) >= 11 is 0. The summed E-state index contributed by atoms with van der Waals surface area (Å²) in [5.41, 5.74) is 10.3. The smallest absolute Gasteiger partial charge is 0.237 e. The van der Waals surface area contributed by atoms with Crippen molar-refractivity contribution in [3.8, 4) is 0 Å². The number of carbonyl (C=O) groups is 2. The summed E-state index contributed by atoms with van der Waals surface area (Å²) in [7, 11) is 0. The molecule has 0 saturated heterocycles. The van der Waals surface area contributed by atoms with Gasteiger partial charge in [-0.05, 0) is 5.41 Å². The first kappa shape index (κ1) is 12.9. The van der Waals surface area contributed by atoms with Gasteiger partial charge in [0.25, 0.3) is 0 Å². The molecule has 0 aliphatic rings. The molecule has 0 heterocycles. The highest BCUT2D eigenvalue weighted by atomic mass is 16.2. The fourth-order valence-electron chi connectivity index (χ4n) is 0.812. The molecule has 2 amide bonds. The Morgan fingerprint density at radius 3 is 2.21 bits per heavy atom. The molecule has 0 aromatic heterocycles. The van der Waals surface area contributed by atoms with Crippen LogP contribution in [0.5, 0.6) is 0 Å². The van der Waals surface area contributed by atoms with Gasteiger partial charge in [0.1, 0.15) is 0 Å². The third-order valence-corrected chi connectivity index (χ3v) is 1.89. The molecule has 0 radical (unpaired) electrons. The van der Waals surface area contributed by atoms with E-state index in [0.29, 0.717) is 0 Å². The number of primary amides is 1. The molecule has 0 aliphatic carbocycles. The zero-order valence-electron chi connectivity index (χ0n) is 8.96. The van der Waals surface area contributed by atoms with E-state index in [1.807, 2.05) is 20.8 Å². The van der Waals surface area contributed by atoms with Crippen LogP contribution in [-0.4, -0.2) is 24.4 Å². The summed E-state index contributed by atoms with van der Waals surface area (Å²) in [6.45, 7) is 5.89. The van der Waals surface area contributed by atoms with Crippen molar-refractivity contribution in [2.75, 3.05) is 6.54 Å². The van der Waals surface area contributed by atoms with Crippen LogP contribution in [0.4, 0.5) is 0 Å². The van der Waals surface area contributed by atoms with Crippen LogP contribution in [0.15, 0.2) is 0 Å². The number of hydrogen-bond acceptors (Lipinski definition) is 3. The Kier molecular flexibility index (Phi) is 4.56. The summed E-state index contributed by atoms with van der Waals surface area (Å²) in [6.07, 6.45) is 0.141. The second-order valence-corrected chi connectivity index (χ2v) is 4.35. The van der Waals surface area contributed by atoms with Crippen LogP contribution in [-0.2, 0) is 9.59 Å². The van der Waals surface area contributed by atoms with Crippen LogP contribution in [0.25, 0.3) is 0 Å². The molecule has 0 bridgehead atoms. The highest BCUT2D eigenvalue weighted by Crippen LogP contribution is 2.16. The maximum Gasteiger partial charge on any atom is 0.237 e. The molecular formula is C9H19N3O2. The maximum atomic E-state index is 11.4. The molecule has 5 heteroatoms. The maximum absolute atomic E-state index is 11.4. The summed E-state index contributed by atoms with van der Waals surface area (Å²) in [5, 5.41) is 2.56. The van der Waals surface area contributed by atoms with E-state index in [9.17, 15) is 9.59 Å². The summed E-state index contributed by atoms with van der Waals surface area (Å²) in [5.74, 6) is -0.687. The van der Waals surface area contributed by atoms with Gasteiger partial charge in [0.2, 0.25) is 11.8 Å². The molecule has 0 saturated carbocycles. The Hall–Kier alpha value is -1.10. The zero-order valence-corrected chi connectivity index (χ0v) is 8.96. The van der Waals surface area contributed by atoms with Crippen molar-refractivity contribution in [3.63, 3.8) is 0 Å². The van der Waals surface area contributed by atoms with E-state index >= 15 is 0 Å². The van der Waals surface area contributed by atoms with Crippen LogP contribution in [0, 0.1) is 5.41 Å². The third-order valence-electron chi connectivity index (χ3n) is 1.89. The molecule has 0 aliphatic heterocycles. The zero-order chi connectivity index (χ0) is 11.4. The molecule has 5 nitrogen and oxygen atoms in total. The lowest BCUT2D eigenvalue weighted by atomic mass is 9.87. The largest absolute Gasteiger partial charge is 0.370 e. The van der Waals surface area contributed by atoms with E-state index in [4.69, 9.17) is 11.5 Å². The van der Waals surface area contributed by atoms with E-state index in [1.165, 1.54) is 0 Å². The first-order valence-corrected chi connectivity index (χ1v) is 4.56. The predicted octanol–water partition coefficient (Wildman–Crippen LogP) is -0.649. The van der Waals surface area contributed by atoms with Crippen LogP contribution >= 0.6 is 0 Å². The Balaban J connectivity index is 3.91. The van der Waals surface area contributed by atoms with Gasteiger partial charge in [0.05, 0.1) is 6.04 Å². The van der Waals surface area contributed by atoms with Gasteiger partial charge in [-0.2, -0.15) is 0 Å². The van der Waals surface area contributed by atoms with E-state index < -0.39 is 11.9 Å². The van der Waals surface area contributed by atoms with Crippen LogP contribution in [0.3, 0.4) is 0 Å². The summed E-state index contributed by atoms with van der Waals surface area (Å²) < 4.78 is 0. The van der Waals surface area contributed by atoms with E-state index in [2.05, 4.69) is 5.32 Å². The van der Waals surface area contributed by atoms with Crippen LogP contribution in [0.1, 0.15) is 27.2 Å². The average molecular weight is 201 g/mol. The minimum absolute atomic E-state index is 0.141. The molecule has 5 N–H and O–H groups in total. The number of hydrogen-bond donors (Lipinski definition) is 3. The van der Waals surface area contributed by atoms with Crippen LogP contribution in [0.2, 0.25) is 0 Å². The normalized spacial score (nSPS) is 13.4. The number of rotatable bonds is 4. The minimum Gasteiger partial charge on any atom is -0.370 e. The van der Waals surface area contributed by atoms with Gasteiger partial charge in [0.15, 0.2) is 0 Å². The number of carbonyl (C=O) groups excluding carboxylic acids is 2. The van der Waals surface area contributed by atoms with Crippen molar-refractivity contribution in [1.82, 2.24) is 5.32 Å². The van der Waals surface area contributed by atoms with Crippen molar-refractivity contribution in [1.29, 1.82) is 0 Å². The Labute approximate surface area is 84.2 Å². The Morgan fingerprint density at radius 2 is 1.86 bits per heavy atom. The monoisotopic (exact) mass is 201 g/mol. The van der Waals surface area contributed by atoms with Gasteiger partial charge in [-0.3, -0.25) is 9.59 Å². The Morgan fingerprint density at radius 1 is 1.36 bits per heavy atom. The first-order valence-electron chi connectivity index (χ1n) is 4.56. The van der Waals surface area contributed by atoms with Crippen molar-refractivity contribution in [2.24, 2.45) is 16.9 Å². The van der Waals surface area contributed by atoms with E-state index in [0.717, 1.165) is 0 Å². The van der Waals surface area contributed by atoms with Gasteiger partial charge >= 0.3 is 0 Å². The van der Waals surface area contributed by atoms with E-state index in [-0.39, 0.29) is 24.3 Å². The molecule has 0 unspecified atom stereocenters. The fourth-order valence-corrected chi connectivity index (χ4v) is 0.812. The SMILES string of the molecule is CC(C)(C)[C@@H](N)C(=O)NCCC(N)=O. The molecule has 0 aromatic carbocycles. The highest BCUT2D eigenvalue weighted by molar-refractivity contribution is 5.83.